The van der Waals surface area contributed by atoms with Crippen molar-refractivity contribution in [3.63, 3.8) is 0 Å². The molecule has 0 aromatic carbocycles. The number of piperidine rings is 1. The largest absolute Gasteiger partial charge is 0.469 e. The van der Waals surface area contributed by atoms with E-state index in [0.717, 1.165) is 50.6 Å². The van der Waals surface area contributed by atoms with Gasteiger partial charge in [0.2, 0.25) is 5.91 Å². The smallest absolute Gasteiger partial charge is 0.225 e. The summed E-state index contributed by atoms with van der Waals surface area (Å²) in [6.07, 6.45) is 4.40. The molecule has 1 amide bonds. The summed E-state index contributed by atoms with van der Waals surface area (Å²) in [5.74, 6) is 2.11. The first kappa shape index (κ1) is 23.7. The number of carbonyl (C=O) groups excluding carboxylic acids is 1. The van der Waals surface area contributed by atoms with Crippen molar-refractivity contribution in [3.8, 4) is 0 Å². The van der Waals surface area contributed by atoms with Gasteiger partial charge >= 0.3 is 0 Å². The van der Waals surface area contributed by atoms with Crippen LogP contribution in [0.25, 0.3) is 0 Å². The molecular weight excluding hydrogens is 499 g/mol. The Morgan fingerprint density at radius 2 is 2.10 bits per heavy atom. The number of rotatable bonds is 7. The fourth-order valence-electron chi connectivity index (χ4n) is 3.27. The highest BCUT2D eigenvalue weighted by Crippen LogP contribution is 2.14. The number of likely N-dealkylation sites (tertiary alicyclic amines) is 1. The summed E-state index contributed by atoms with van der Waals surface area (Å²) in [5.41, 5.74) is 0. The molecule has 0 unspecified atom stereocenters. The summed E-state index contributed by atoms with van der Waals surface area (Å²) in [7, 11) is 0. The number of guanidine groups is 1. The lowest BCUT2D eigenvalue weighted by atomic mass is 10.0. The quantitative estimate of drug-likeness (QED) is 0.324. The van der Waals surface area contributed by atoms with Crippen LogP contribution in [0.3, 0.4) is 0 Å². The van der Waals surface area contributed by atoms with Crippen molar-refractivity contribution >= 4 is 47.2 Å². The van der Waals surface area contributed by atoms with Crippen LogP contribution in [0, 0.1) is 5.92 Å². The van der Waals surface area contributed by atoms with E-state index in [0.29, 0.717) is 12.6 Å². The van der Waals surface area contributed by atoms with Gasteiger partial charge in [-0.05, 0) is 36.4 Å². The summed E-state index contributed by atoms with van der Waals surface area (Å²) in [6.45, 7) is 6.96. The number of furan rings is 1. The first-order valence-electron chi connectivity index (χ1n) is 10.00. The predicted molar refractivity (Wildman–Crippen MR) is 129 cm³/mol. The second kappa shape index (κ2) is 12.2. The SMILES string of the molecule is CC(C)C(=O)N1CCC(NC(=NCc2cccs2)NCCc2ccco2)CC1.I. The van der Waals surface area contributed by atoms with Gasteiger partial charge in [-0.2, -0.15) is 0 Å². The fraction of sp³-hybridized carbons (Fsp3) is 0.524. The van der Waals surface area contributed by atoms with Crippen molar-refractivity contribution in [2.75, 3.05) is 19.6 Å². The van der Waals surface area contributed by atoms with E-state index in [2.05, 4.69) is 28.1 Å². The van der Waals surface area contributed by atoms with Crippen molar-refractivity contribution in [1.29, 1.82) is 0 Å². The van der Waals surface area contributed by atoms with Crippen molar-refractivity contribution in [3.05, 3.63) is 46.5 Å². The van der Waals surface area contributed by atoms with Gasteiger partial charge in [-0.1, -0.05) is 19.9 Å². The van der Waals surface area contributed by atoms with Gasteiger partial charge in [0, 0.05) is 42.9 Å². The molecular formula is C21H31IN4O2S. The highest BCUT2D eigenvalue weighted by Gasteiger charge is 2.24. The highest BCUT2D eigenvalue weighted by molar-refractivity contribution is 14.0. The predicted octanol–water partition coefficient (Wildman–Crippen LogP) is 3.88. The third-order valence-electron chi connectivity index (χ3n) is 4.86. The standard InChI is InChI=1S/C21H30N4O2S.HI/c1-16(2)20(26)25-11-8-17(9-12-25)24-21(23-15-19-6-4-14-28-19)22-10-7-18-5-3-13-27-18;/h3-6,13-14,16-17H,7-12,15H2,1-2H3,(H2,22,23,24);1H. The molecule has 8 heteroatoms. The maximum Gasteiger partial charge on any atom is 0.225 e. The minimum atomic E-state index is 0. The van der Waals surface area contributed by atoms with E-state index in [9.17, 15) is 4.79 Å². The molecule has 1 fully saturated rings. The lowest BCUT2D eigenvalue weighted by Crippen LogP contribution is -2.50. The van der Waals surface area contributed by atoms with Crippen molar-refractivity contribution in [1.82, 2.24) is 15.5 Å². The molecule has 0 bridgehead atoms. The van der Waals surface area contributed by atoms with Gasteiger partial charge in [0.05, 0.1) is 12.8 Å². The average Bonchev–Trinajstić information content (AvgIpc) is 3.40. The number of amides is 1. The molecule has 0 spiro atoms. The van der Waals surface area contributed by atoms with Gasteiger partial charge < -0.3 is 20.0 Å². The molecule has 0 radical (unpaired) electrons. The van der Waals surface area contributed by atoms with E-state index in [1.807, 2.05) is 30.9 Å². The molecule has 2 aromatic rings. The molecule has 0 aliphatic carbocycles. The molecule has 3 rings (SSSR count). The number of carbonyl (C=O) groups is 1. The second-order valence-electron chi connectivity index (χ2n) is 7.40. The number of nitrogens with one attached hydrogen (secondary N) is 2. The van der Waals surface area contributed by atoms with Gasteiger partial charge in [-0.15, -0.1) is 35.3 Å². The van der Waals surface area contributed by atoms with E-state index in [4.69, 9.17) is 9.41 Å². The van der Waals surface area contributed by atoms with Crippen molar-refractivity contribution < 1.29 is 9.21 Å². The molecule has 2 N–H and O–H groups in total. The Morgan fingerprint density at radius 1 is 1.31 bits per heavy atom. The normalized spacial score (nSPS) is 15.3. The Kier molecular flexibility index (Phi) is 9.99. The fourth-order valence-corrected chi connectivity index (χ4v) is 3.90. The van der Waals surface area contributed by atoms with Crippen LogP contribution in [-0.4, -0.2) is 42.4 Å². The van der Waals surface area contributed by atoms with Crippen LogP contribution in [0.1, 0.15) is 37.3 Å². The zero-order chi connectivity index (χ0) is 19.8. The van der Waals surface area contributed by atoms with Gasteiger partial charge in [0.25, 0.3) is 0 Å². The third-order valence-corrected chi connectivity index (χ3v) is 5.72. The van der Waals surface area contributed by atoms with Crippen LogP contribution in [0.2, 0.25) is 0 Å². The molecule has 29 heavy (non-hydrogen) atoms. The van der Waals surface area contributed by atoms with Crippen LogP contribution in [0.4, 0.5) is 0 Å². The lowest BCUT2D eigenvalue weighted by Gasteiger charge is -2.34. The minimum absolute atomic E-state index is 0. The van der Waals surface area contributed by atoms with Crippen LogP contribution in [0.15, 0.2) is 45.3 Å². The highest BCUT2D eigenvalue weighted by atomic mass is 127. The summed E-state index contributed by atoms with van der Waals surface area (Å²) in [4.78, 5) is 20.2. The maximum atomic E-state index is 12.2. The van der Waals surface area contributed by atoms with E-state index in [-0.39, 0.29) is 35.8 Å². The first-order chi connectivity index (χ1) is 13.6. The number of nitrogens with zero attached hydrogens (tertiary/aromatic N) is 2. The topological polar surface area (TPSA) is 69.9 Å². The van der Waals surface area contributed by atoms with Gasteiger partial charge in [-0.25, -0.2) is 4.99 Å². The molecule has 0 saturated carbocycles. The summed E-state index contributed by atoms with van der Waals surface area (Å²) < 4.78 is 5.40. The molecule has 2 aromatic heterocycles. The first-order valence-corrected chi connectivity index (χ1v) is 10.9. The third kappa shape index (κ3) is 7.65. The van der Waals surface area contributed by atoms with Crippen molar-refractivity contribution in [2.45, 2.75) is 45.7 Å². The molecule has 1 aliphatic rings. The summed E-state index contributed by atoms with van der Waals surface area (Å²) in [5, 5.41) is 9.06. The van der Waals surface area contributed by atoms with Crippen LogP contribution in [-0.2, 0) is 17.8 Å². The Bertz CT molecular complexity index is 739. The zero-order valence-corrected chi connectivity index (χ0v) is 20.2. The lowest BCUT2D eigenvalue weighted by molar-refractivity contribution is -0.135. The minimum Gasteiger partial charge on any atom is -0.469 e. The summed E-state index contributed by atoms with van der Waals surface area (Å²) >= 11 is 1.72. The Morgan fingerprint density at radius 3 is 2.72 bits per heavy atom. The molecule has 1 saturated heterocycles. The number of thiophene rings is 1. The van der Waals surface area contributed by atoms with E-state index in [1.165, 1.54) is 4.88 Å². The molecule has 0 atom stereocenters. The van der Waals surface area contributed by atoms with Crippen LogP contribution < -0.4 is 10.6 Å². The van der Waals surface area contributed by atoms with E-state index < -0.39 is 0 Å². The van der Waals surface area contributed by atoms with Crippen LogP contribution >= 0.6 is 35.3 Å². The molecule has 6 nitrogen and oxygen atoms in total. The van der Waals surface area contributed by atoms with Gasteiger partial charge in [0.15, 0.2) is 5.96 Å². The maximum absolute atomic E-state index is 12.2. The monoisotopic (exact) mass is 530 g/mol. The number of halogens is 1. The number of aliphatic imine (C=N–C) groups is 1. The molecule has 1 aliphatic heterocycles. The van der Waals surface area contributed by atoms with Gasteiger partial charge in [-0.3, -0.25) is 4.79 Å². The summed E-state index contributed by atoms with van der Waals surface area (Å²) in [6, 6.07) is 8.37. The Labute approximate surface area is 194 Å². The average molecular weight is 530 g/mol. The number of hydrogen-bond acceptors (Lipinski definition) is 4. The van der Waals surface area contributed by atoms with E-state index in [1.54, 1.807) is 17.6 Å². The van der Waals surface area contributed by atoms with Crippen molar-refractivity contribution in [2.24, 2.45) is 10.9 Å². The van der Waals surface area contributed by atoms with Crippen LogP contribution in [0.5, 0.6) is 0 Å². The molecule has 3 heterocycles. The Hall–Kier alpha value is -1.55. The molecule has 160 valence electrons. The Balaban J connectivity index is 0.00000300. The zero-order valence-electron chi connectivity index (χ0n) is 17.1. The van der Waals surface area contributed by atoms with E-state index >= 15 is 0 Å². The second-order valence-corrected chi connectivity index (χ2v) is 8.43. The van der Waals surface area contributed by atoms with Gasteiger partial charge in [0.1, 0.15) is 5.76 Å². The number of hydrogen-bond donors (Lipinski definition) is 2.